The Kier molecular flexibility index (Phi) is 5.01. The number of pyridine rings is 1. The number of carbonyl (C=O) groups is 2. The molecule has 1 aliphatic carbocycles. The maximum Gasteiger partial charge on any atom is 0.255 e. The van der Waals surface area contributed by atoms with Crippen molar-refractivity contribution >= 4 is 28.5 Å². The number of rotatable bonds is 3. The van der Waals surface area contributed by atoms with Gasteiger partial charge in [-0.15, -0.1) is 0 Å². The number of aryl methyl sites for hydroxylation is 1. The molecule has 0 fully saturated rings. The van der Waals surface area contributed by atoms with E-state index in [0.29, 0.717) is 34.8 Å². The first-order chi connectivity index (χ1) is 15.5. The number of benzene rings is 1. The topological polar surface area (TPSA) is 96.9 Å². The van der Waals surface area contributed by atoms with Crippen LogP contribution in [0.5, 0.6) is 0 Å². The summed E-state index contributed by atoms with van der Waals surface area (Å²) in [5.74, 6) is -0.387. The number of allylic oxidation sites excluding steroid dienone is 3. The number of carbonyl (C=O) groups excluding carboxylic acids is 2. The van der Waals surface area contributed by atoms with Crippen molar-refractivity contribution in [2.45, 2.75) is 39.0 Å². The predicted octanol–water partition coefficient (Wildman–Crippen LogP) is 3.94. The first kappa shape index (κ1) is 20.1. The summed E-state index contributed by atoms with van der Waals surface area (Å²) in [6.07, 6.45) is 5.40. The van der Waals surface area contributed by atoms with Crippen LogP contribution in [0.1, 0.15) is 43.4 Å². The molecule has 2 aromatic heterocycles. The smallest absolute Gasteiger partial charge is 0.255 e. The minimum absolute atomic E-state index is 0.0463. The Balaban J connectivity index is 1.62. The number of amides is 1. The van der Waals surface area contributed by atoms with Gasteiger partial charge >= 0.3 is 0 Å². The molecule has 160 valence electrons. The van der Waals surface area contributed by atoms with E-state index in [1.807, 2.05) is 44.2 Å². The van der Waals surface area contributed by atoms with Crippen LogP contribution >= 0.6 is 0 Å². The van der Waals surface area contributed by atoms with Crippen molar-refractivity contribution in [1.29, 1.82) is 0 Å². The van der Waals surface area contributed by atoms with Gasteiger partial charge in [-0.1, -0.05) is 18.2 Å². The lowest BCUT2D eigenvalue weighted by molar-refractivity contribution is -0.116. The maximum atomic E-state index is 13.5. The van der Waals surface area contributed by atoms with Crippen molar-refractivity contribution < 1.29 is 9.59 Å². The van der Waals surface area contributed by atoms with Gasteiger partial charge in [0.05, 0.1) is 28.8 Å². The SMILES string of the molecule is CC1=C(C(=O)Nc2ccc(C)cn2)[C@@H](c2cnc3ccccc3n2)C2=C(CCCC2=O)N1. The van der Waals surface area contributed by atoms with Gasteiger partial charge in [-0.25, -0.2) is 9.97 Å². The summed E-state index contributed by atoms with van der Waals surface area (Å²) in [5, 5.41) is 6.21. The molecule has 5 rings (SSSR count). The first-order valence-corrected chi connectivity index (χ1v) is 10.7. The number of anilines is 1. The molecular weight excluding hydrogens is 402 g/mol. The number of dihydropyridines is 1. The molecule has 7 heteroatoms. The van der Waals surface area contributed by atoms with Crippen molar-refractivity contribution in [3.05, 3.63) is 82.6 Å². The highest BCUT2D eigenvalue weighted by Crippen LogP contribution is 2.41. The molecule has 0 saturated heterocycles. The monoisotopic (exact) mass is 425 g/mol. The summed E-state index contributed by atoms with van der Waals surface area (Å²) in [6, 6.07) is 11.2. The Morgan fingerprint density at radius 3 is 2.62 bits per heavy atom. The molecule has 0 spiro atoms. The van der Waals surface area contributed by atoms with E-state index in [9.17, 15) is 9.59 Å². The van der Waals surface area contributed by atoms with Crippen molar-refractivity contribution in [2.24, 2.45) is 0 Å². The fraction of sp³-hybridized carbons (Fsp3) is 0.240. The van der Waals surface area contributed by atoms with Crippen LogP contribution in [0.2, 0.25) is 0 Å². The lowest BCUT2D eigenvalue weighted by atomic mass is 9.77. The molecule has 3 heterocycles. The highest BCUT2D eigenvalue weighted by atomic mass is 16.2. The van der Waals surface area contributed by atoms with Crippen molar-refractivity contribution in [3.63, 3.8) is 0 Å². The summed E-state index contributed by atoms with van der Waals surface area (Å²) in [5.41, 5.74) is 5.77. The zero-order valence-corrected chi connectivity index (χ0v) is 18.0. The van der Waals surface area contributed by atoms with Crippen LogP contribution in [-0.4, -0.2) is 26.6 Å². The fourth-order valence-corrected chi connectivity index (χ4v) is 4.42. The largest absolute Gasteiger partial charge is 0.362 e. The van der Waals surface area contributed by atoms with E-state index in [0.717, 1.165) is 35.1 Å². The predicted molar refractivity (Wildman–Crippen MR) is 122 cm³/mol. The van der Waals surface area contributed by atoms with E-state index < -0.39 is 5.92 Å². The second-order valence-electron chi connectivity index (χ2n) is 8.22. The van der Waals surface area contributed by atoms with E-state index >= 15 is 0 Å². The normalized spacial score (nSPS) is 18.4. The third kappa shape index (κ3) is 3.56. The molecule has 1 atom stereocenters. The number of hydrogen-bond donors (Lipinski definition) is 2. The number of nitrogens with one attached hydrogen (secondary N) is 2. The average Bonchev–Trinajstić information content (AvgIpc) is 2.79. The number of Topliss-reactive ketones (excluding diaryl/α,β-unsaturated/α-hetero) is 1. The molecule has 0 radical (unpaired) electrons. The Labute approximate surface area is 185 Å². The van der Waals surface area contributed by atoms with E-state index in [2.05, 4.69) is 20.6 Å². The number of hydrogen-bond acceptors (Lipinski definition) is 6. The van der Waals surface area contributed by atoms with Crippen molar-refractivity contribution in [2.75, 3.05) is 5.32 Å². The zero-order valence-electron chi connectivity index (χ0n) is 18.0. The van der Waals surface area contributed by atoms with Crippen LogP contribution in [0.25, 0.3) is 11.0 Å². The molecule has 0 unspecified atom stereocenters. The van der Waals surface area contributed by atoms with Gasteiger partial charge in [-0.2, -0.15) is 0 Å². The number of ketones is 1. The molecule has 1 aromatic carbocycles. The molecule has 2 N–H and O–H groups in total. The second-order valence-corrected chi connectivity index (χ2v) is 8.22. The minimum Gasteiger partial charge on any atom is -0.362 e. The standard InChI is InChI=1S/C25H23N5O2/c1-14-10-11-21(27-12-14)30-25(32)22-15(2)28-18-8-5-9-20(31)23(18)24(22)19-13-26-16-6-3-4-7-17(16)29-19/h3-4,6-7,10-13,24,28H,5,8-9H2,1-2H3,(H,27,30,32)/t24-/m1/s1. The van der Waals surface area contributed by atoms with Gasteiger partial charge < -0.3 is 10.6 Å². The average molecular weight is 425 g/mol. The highest BCUT2D eigenvalue weighted by molar-refractivity contribution is 6.09. The molecular formula is C25H23N5O2. The second kappa shape index (κ2) is 8.00. The summed E-state index contributed by atoms with van der Waals surface area (Å²) >= 11 is 0. The van der Waals surface area contributed by atoms with E-state index in [4.69, 9.17) is 4.98 Å². The van der Waals surface area contributed by atoms with Gasteiger partial charge in [0.2, 0.25) is 0 Å². The Morgan fingerprint density at radius 1 is 1.03 bits per heavy atom. The molecule has 3 aromatic rings. The van der Waals surface area contributed by atoms with Crippen LogP contribution < -0.4 is 10.6 Å². The summed E-state index contributed by atoms with van der Waals surface area (Å²) in [6.45, 7) is 3.80. The van der Waals surface area contributed by atoms with Crippen LogP contribution in [-0.2, 0) is 9.59 Å². The molecule has 0 saturated carbocycles. The lowest BCUT2D eigenvalue weighted by Crippen LogP contribution is -2.36. The van der Waals surface area contributed by atoms with Gasteiger partial charge in [-0.05, 0) is 50.5 Å². The minimum atomic E-state index is -0.582. The quantitative estimate of drug-likeness (QED) is 0.660. The van der Waals surface area contributed by atoms with Gasteiger partial charge in [0.15, 0.2) is 5.78 Å². The third-order valence-electron chi connectivity index (χ3n) is 5.94. The third-order valence-corrected chi connectivity index (χ3v) is 5.94. The molecule has 2 aliphatic rings. The fourth-order valence-electron chi connectivity index (χ4n) is 4.42. The van der Waals surface area contributed by atoms with Gasteiger partial charge in [0.1, 0.15) is 5.82 Å². The number of fused-ring (bicyclic) bond motifs is 1. The van der Waals surface area contributed by atoms with Gasteiger partial charge in [-0.3, -0.25) is 14.6 Å². The summed E-state index contributed by atoms with van der Waals surface area (Å²) in [7, 11) is 0. The van der Waals surface area contributed by atoms with Crippen molar-refractivity contribution in [3.8, 4) is 0 Å². The summed E-state index contributed by atoms with van der Waals surface area (Å²) < 4.78 is 0. The van der Waals surface area contributed by atoms with Crippen LogP contribution in [0.4, 0.5) is 5.82 Å². The molecule has 7 nitrogen and oxygen atoms in total. The van der Waals surface area contributed by atoms with E-state index in [1.165, 1.54) is 0 Å². The highest BCUT2D eigenvalue weighted by Gasteiger charge is 2.39. The zero-order chi connectivity index (χ0) is 22.2. The lowest BCUT2D eigenvalue weighted by Gasteiger charge is -2.33. The molecule has 1 aliphatic heterocycles. The van der Waals surface area contributed by atoms with Crippen LogP contribution in [0.15, 0.2) is 71.3 Å². The van der Waals surface area contributed by atoms with Crippen LogP contribution in [0, 0.1) is 6.92 Å². The van der Waals surface area contributed by atoms with Gasteiger partial charge in [0, 0.05) is 35.2 Å². The molecule has 1 amide bonds. The molecule has 0 bridgehead atoms. The van der Waals surface area contributed by atoms with E-state index in [1.54, 1.807) is 18.5 Å². The molecule has 32 heavy (non-hydrogen) atoms. The number of aromatic nitrogens is 3. The van der Waals surface area contributed by atoms with Gasteiger partial charge in [0.25, 0.3) is 5.91 Å². The maximum absolute atomic E-state index is 13.5. The first-order valence-electron chi connectivity index (χ1n) is 10.7. The Bertz CT molecular complexity index is 1310. The number of nitrogens with zero attached hydrogens (tertiary/aromatic N) is 3. The summed E-state index contributed by atoms with van der Waals surface area (Å²) in [4.78, 5) is 40.1. The van der Waals surface area contributed by atoms with Crippen molar-refractivity contribution in [1.82, 2.24) is 20.3 Å². The van der Waals surface area contributed by atoms with E-state index in [-0.39, 0.29) is 11.7 Å². The van der Waals surface area contributed by atoms with Crippen LogP contribution in [0.3, 0.4) is 0 Å². The Hall–Kier alpha value is -3.87. The Morgan fingerprint density at radius 2 is 1.84 bits per heavy atom. The number of para-hydroxylation sites is 2.